The van der Waals surface area contributed by atoms with Crippen LogP contribution < -0.4 is 5.73 Å². The summed E-state index contributed by atoms with van der Waals surface area (Å²) < 4.78 is 6.61. The summed E-state index contributed by atoms with van der Waals surface area (Å²) in [5.74, 6) is 0. The SMILES string of the molecule is Cc1ccc(Br)cc1C1(CCC(C)N)COC1. The third kappa shape index (κ3) is 2.72. The van der Waals surface area contributed by atoms with Crippen molar-refractivity contribution in [3.05, 3.63) is 33.8 Å². The van der Waals surface area contributed by atoms with Gasteiger partial charge in [0, 0.05) is 15.9 Å². The highest BCUT2D eigenvalue weighted by Gasteiger charge is 2.40. The summed E-state index contributed by atoms with van der Waals surface area (Å²) in [6.45, 7) is 5.91. The Balaban J connectivity index is 2.24. The van der Waals surface area contributed by atoms with Crippen molar-refractivity contribution in [2.24, 2.45) is 5.73 Å². The molecule has 0 spiro atoms. The minimum Gasteiger partial charge on any atom is -0.379 e. The Labute approximate surface area is 112 Å². The van der Waals surface area contributed by atoms with Crippen molar-refractivity contribution in [2.75, 3.05) is 13.2 Å². The van der Waals surface area contributed by atoms with Gasteiger partial charge in [-0.3, -0.25) is 0 Å². The molecule has 1 aromatic carbocycles. The molecule has 1 aliphatic rings. The molecule has 2 nitrogen and oxygen atoms in total. The number of hydrogen-bond acceptors (Lipinski definition) is 2. The van der Waals surface area contributed by atoms with Crippen LogP contribution in [0.4, 0.5) is 0 Å². The van der Waals surface area contributed by atoms with Crippen LogP contribution in [0.25, 0.3) is 0 Å². The monoisotopic (exact) mass is 297 g/mol. The topological polar surface area (TPSA) is 35.2 Å². The van der Waals surface area contributed by atoms with Gasteiger partial charge in [0.2, 0.25) is 0 Å². The summed E-state index contributed by atoms with van der Waals surface area (Å²) in [4.78, 5) is 0. The van der Waals surface area contributed by atoms with E-state index in [-0.39, 0.29) is 11.5 Å². The summed E-state index contributed by atoms with van der Waals surface area (Å²) in [6, 6.07) is 6.77. The van der Waals surface area contributed by atoms with Crippen molar-refractivity contribution in [1.82, 2.24) is 0 Å². The van der Waals surface area contributed by atoms with E-state index in [1.54, 1.807) is 0 Å². The van der Waals surface area contributed by atoms with E-state index in [4.69, 9.17) is 10.5 Å². The van der Waals surface area contributed by atoms with Gasteiger partial charge in [-0.25, -0.2) is 0 Å². The van der Waals surface area contributed by atoms with Crippen molar-refractivity contribution in [3.63, 3.8) is 0 Å². The van der Waals surface area contributed by atoms with Crippen molar-refractivity contribution in [2.45, 2.75) is 38.1 Å². The van der Waals surface area contributed by atoms with E-state index >= 15 is 0 Å². The fourth-order valence-electron chi connectivity index (χ4n) is 2.45. The molecule has 1 saturated heterocycles. The number of halogens is 1. The Kier molecular flexibility index (Phi) is 3.91. The van der Waals surface area contributed by atoms with Crippen LogP contribution in [-0.2, 0) is 10.2 Å². The lowest BCUT2D eigenvalue weighted by Crippen LogP contribution is -2.47. The molecule has 0 amide bonds. The van der Waals surface area contributed by atoms with E-state index in [9.17, 15) is 0 Å². The highest BCUT2D eigenvalue weighted by molar-refractivity contribution is 9.10. The molecule has 1 heterocycles. The van der Waals surface area contributed by atoms with Crippen LogP contribution in [0.1, 0.15) is 30.9 Å². The van der Waals surface area contributed by atoms with Crippen LogP contribution in [0, 0.1) is 6.92 Å². The zero-order chi connectivity index (χ0) is 12.5. The van der Waals surface area contributed by atoms with Crippen molar-refractivity contribution in [3.8, 4) is 0 Å². The molecule has 3 heteroatoms. The Morgan fingerprint density at radius 3 is 2.71 bits per heavy atom. The van der Waals surface area contributed by atoms with E-state index in [2.05, 4.69) is 48.0 Å². The molecule has 0 bridgehead atoms. The summed E-state index contributed by atoms with van der Waals surface area (Å²) >= 11 is 3.56. The fourth-order valence-corrected chi connectivity index (χ4v) is 2.81. The standard InChI is InChI=1S/C14H20BrNO/c1-10-3-4-12(15)7-13(10)14(8-17-9-14)6-5-11(2)16/h3-4,7,11H,5-6,8-9,16H2,1-2H3. The van der Waals surface area contributed by atoms with Crippen LogP contribution in [0.3, 0.4) is 0 Å². The second-order valence-electron chi connectivity index (χ2n) is 5.25. The molecule has 1 aliphatic heterocycles. The second-order valence-corrected chi connectivity index (χ2v) is 6.16. The molecule has 0 aliphatic carbocycles. The fraction of sp³-hybridized carbons (Fsp3) is 0.571. The summed E-state index contributed by atoms with van der Waals surface area (Å²) in [5.41, 5.74) is 8.83. The lowest BCUT2D eigenvalue weighted by Gasteiger charge is -2.43. The Morgan fingerprint density at radius 1 is 1.47 bits per heavy atom. The molecule has 0 radical (unpaired) electrons. The highest BCUT2D eigenvalue weighted by Crippen LogP contribution is 2.39. The summed E-state index contributed by atoms with van der Waals surface area (Å²) in [6.07, 6.45) is 2.16. The van der Waals surface area contributed by atoms with Crippen molar-refractivity contribution in [1.29, 1.82) is 0 Å². The van der Waals surface area contributed by atoms with Crippen LogP contribution in [0.2, 0.25) is 0 Å². The second kappa shape index (κ2) is 5.09. The van der Waals surface area contributed by atoms with Crippen LogP contribution in [0.15, 0.2) is 22.7 Å². The molecule has 0 aromatic heterocycles. The molecule has 1 aromatic rings. The van der Waals surface area contributed by atoms with Crippen LogP contribution in [0.5, 0.6) is 0 Å². The van der Waals surface area contributed by atoms with Gasteiger partial charge in [-0.1, -0.05) is 22.0 Å². The largest absolute Gasteiger partial charge is 0.379 e. The minimum absolute atomic E-state index is 0.196. The molecule has 2 rings (SSSR count). The molecule has 2 N–H and O–H groups in total. The Bertz CT molecular complexity index is 399. The maximum atomic E-state index is 5.87. The molecule has 1 fully saturated rings. The van der Waals surface area contributed by atoms with E-state index in [1.165, 1.54) is 11.1 Å². The quantitative estimate of drug-likeness (QED) is 0.926. The molecular weight excluding hydrogens is 278 g/mol. The van der Waals surface area contributed by atoms with E-state index < -0.39 is 0 Å². The van der Waals surface area contributed by atoms with Crippen LogP contribution >= 0.6 is 15.9 Å². The van der Waals surface area contributed by atoms with Crippen LogP contribution in [-0.4, -0.2) is 19.3 Å². The van der Waals surface area contributed by atoms with Crippen molar-refractivity contribution >= 4 is 15.9 Å². The van der Waals surface area contributed by atoms with Gasteiger partial charge in [-0.15, -0.1) is 0 Å². The molecule has 94 valence electrons. The van der Waals surface area contributed by atoms with Gasteiger partial charge in [-0.2, -0.15) is 0 Å². The first-order chi connectivity index (χ1) is 8.03. The first-order valence-corrected chi connectivity index (χ1v) is 6.93. The lowest BCUT2D eigenvalue weighted by molar-refractivity contribution is -0.0660. The first kappa shape index (κ1) is 13.1. The average molecular weight is 298 g/mol. The third-order valence-electron chi connectivity index (χ3n) is 3.61. The maximum Gasteiger partial charge on any atom is 0.0585 e. The third-order valence-corrected chi connectivity index (χ3v) is 4.10. The Hall–Kier alpha value is -0.380. The van der Waals surface area contributed by atoms with Gasteiger partial charge >= 0.3 is 0 Å². The molecule has 0 saturated carbocycles. The van der Waals surface area contributed by atoms with E-state index in [1.807, 2.05) is 0 Å². The lowest BCUT2D eigenvalue weighted by atomic mass is 9.73. The minimum atomic E-state index is 0.196. The summed E-state index contributed by atoms with van der Waals surface area (Å²) in [7, 11) is 0. The van der Waals surface area contributed by atoms with Gasteiger partial charge in [0.05, 0.1) is 13.2 Å². The van der Waals surface area contributed by atoms with Gasteiger partial charge < -0.3 is 10.5 Å². The number of rotatable bonds is 4. The van der Waals surface area contributed by atoms with Gasteiger partial charge in [0.1, 0.15) is 0 Å². The summed E-state index contributed by atoms with van der Waals surface area (Å²) in [5, 5.41) is 0. The number of hydrogen-bond donors (Lipinski definition) is 1. The van der Waals surface area contributed by atoms with E-state index in [0.29, 0.717) is 0 Å². The smallest absolute Gasteiger partial charge is 0.0585 e. The number of benzene rings is 1. The van der Waals surface area contributed by atoms with Crippen molar-refractivity contribution < 1.29 is 4.74 Å². The van der Waals surface area contributed by atoms with Gasteiger partial charge in [-0.05, 0) is 49.9 Å². The highest BCUT2D eigenvalue weighted by atomic mass is 79.9. The predicted molar refractivity (Wildman–Crippen MR) is 74.3 cm³/mol. The zero-order valence-corrected chi connectivity index (χ0v) is 12.1. The predicted octanol–water partition coefficient (Wildman–Crippen LogP) is 3.15. The molecule has 1 unspecified atom stereocenters. The van der Waals surface area contributed by atoms with Gasteiger partial charge in [0.15, 0.2) is 0 Å². The Morgan fingerprint density at radius 2 is 2.18 bits per heavy atom. The normalized spacial score (nSPS) is 19.8. The maximum absolute atomic E-state index is 5.87. The molecule has 17 heavy (non-hydrogen) atoms. The molecule has 1 atom stereocenters. The zero-order valence-electron chi connectivity index (χ0n) is 10.5. The number of aryl methyl sites for hydroxylation is 1. The molecular formula is C14H20BrNO. The average Bonchev–Trinajstić information content (AvgIpc) is 2.21. The number of ether oxygens (including phenoxy) is 1. The first-order valence-electron chi connectivity index (χ1n) is 6.13. The van der Waals surface area contributed by atoms with E-state index in [0.717, 1.165) is 30.5 Å². The van der Waals surface area contributed by atoms with Gasteiger partial charge in [0.25, 0.3) is 0 Å². The number of nitrogens with two attached hydrogens (primary N) is 1.